The van der Waals surface area contributed by atoms with Crippen LogP contribution in [-0.4, -0.2) is 69.8 Å². The van der Waals surface area contributed by atoms with Crippen LogP contribution < -0.4 is 0 Å². The first-order chi connectivity index (χ1) is 10.1. The molecule has 3 aliphatic rings. The predicted molar refractivity (Wildman–Crippen MR) is 80.2 cm³/mol. The molecule has 2 heterocycles. The molecule has 5 heteroatoms. The van der Waals surface area contributed by atoms with Gasteiger partial charge in [-0.1, -0.05) is 12.8 Å². The number of carbonyl (C=O) groups is 1. The Morgan fingerprint density at radius 3 is 2.33 bits per heavy atom. The standard InChI is InChI=1S/C16H28N2O3/c19-15(20)14-4-3-9-18(14)13-5-10-17(11-6-13)12-16(21)7-1-2-8-16/h13-14,21H,1-12H2,(H,19,20). The number of hydrogen-bond donors (Lipinski definition) is 2. The van der Waals surface area contributed by atoms with Gasteiger partial charge in [-0.3, -0.25) is 9.69 Å². The van der Waals surface area contributed by atoms with Crippen LogP contribution >= 0.6 is 0 Å². The minimum Gasteiger partial charge on any atom is -0.480 e. The number of likely N-dealkylation sites (tertiary alicyclic amines) is 2. The summed E-state index contributed by atoms with van der Waals surface area (Å²) in [5.41, 5.74) is -0.454. The lowest BCUT2D eigenvalue weighted by Gasteiger charge is -2.40. The summed E-state index contributed by atoms with van der Waals surface area (Å²) in [6.45, 7) is 3.74. The third-order valence-electron chi connectivity index (χ3n) is 5.66. The maximum atomic E-state index is 11.3. The van der Waals surface area contributed by atoms with Gasteiger partial charge in [-0.05, 0) is 58.2 Å². The Bertz CT molecular complexity index is 374. The highest BCUT2D eigenvalue weighted by Crippen LogP contribution is 2.32. The van der Waals surface area contributed by atoms with Crippen LogP contribution in [0.5, 0.6) is 0 Å². The quantitative estimate of drug-likeness (QED) is 0.819. The molecular weight excluding hydrogens is 268 g/mol. The van der Waals surface area contributed by atoms with Crippen molar-refractivity contribution in [1.82, 2.24) is 9.80 Å². The van der Waals surface area contributed by atoms with Crippen molar-refractivity contribution in [3.05, 3.63) is 0 Å². The monoisotopic (exact) mass is 296 g/mol. The number of aliphatic hydroxyl groups is 1. The maximum Gasteiger partial charge on any atom is 0.320 e. The van der Waals surface area contributed by atoms with E-state index >= 15 is 0 Å². The van der Waals surface area contributed by atoms with E-state index in [1.54, 1.807) is 0 Å². The second kappa shape index (κ2) is 6.23. The Kier molecular flexibility index (Phi) is 4.52. The molecule has 21 heavy (non-hydrogen) atoms. The second-order valence-corrected chi connectivity index (χ2v) is 7.17. The largest absolute Gasteiger partial charge is 0.480 e. The zero-order chi connectivity index (χ0) is 14.9. The number of hydrogen-bond acceptors (Lipinski definition) is 4. The molecule has 3 fully saturated rings. The lowest BCUT2D eigenvalue weighted by molar-refractivity contribution is -0.143. The highest BCUT2D eigenvalue weighted by molar-refractivity contribution is 5.73. The summed E-state index contributed by atoms with van der Waals surface area (Å²) in [5, 5.41) is 19.8. The van der Waals surface area contributed by atoms with Crippen LogP contribution in [0.3, 0.4) is 0 Å². The Labute approximate surface area is 126 Å². The van der Waals surface area contributed by atoms with Gasteiger partial charge in [0.1, 0.15) is 6.04 Å². The fourth-order valence-corrected chi connectivity index (χ4v) is 4.51. The summed E-state index contributed by atoms with van der Waals surface area (Å²) >= 11 is 0. The molecule has 2 aliphatic heterocycles. The van der Waals surface area contributed by atoms with Gasteiger partial charge < -0.3 is 15.1 Å². The third kappa shape index (κ3) is 3.41. The van der Waals surface area contributed by atoms with E-state index in [1.165, 1.54) is 0 Å². The van der Waals surface area contributed by atoms with Gasteiger partial charge in [0.05, 0.1) is 5.60 Å². The van der Waals surface area contributed by atoms with Crippen LogP contribution in [-0.2, 0) is 4.79 Å². The number of nitrogens with zero attached hydrogens (tertiary/aromatic N) is 2. The Balaban J connectivity index is 1.49. The van der Waals surface area contributed by atoms with Gasteiger partial charge in [0, 0.05) is 12.6 Å². The van der Waals surface area contributed by atoms with Crippen molar-refractivity contribution in [2.24, 2.45) is 0 Å². The molecule has 0 aromatic heterocycles. The van der Waals surface area contributed by atoms with E-state index < -0.39 is 11.6 Å². The van der Waals surface area contributed by atoms with E-state index in [2.05, 4.69) is 9.80 Å². The Morgan fingerprint density at radius 2 is 1.71 bits per heavy atom. The summed E-state index contributed by atoms with van der Waals surface area (Å²) < 4.78 is 0. The zero-order valence-electron chi connectivity index (χ0n) is 12.8. The van der Waals surface area contributed by atoms with Crippen LogP contribution in [0.25, 0.3) is 0 Å². The van der Waals surface area contributed by atoms with Crippen molar-refractivity contribution in [3.63, 3.8) is 0 Å². The highest BCUT2D eigenvalue weighted by Gasteiger charge is 2.38. The molecule has 1 saturated carbocycles. The van der Waals surface area contributed by atoms with Crippen LogP contribution in [0.1, 0.15) is 51.4 Å². The first kappa shape index (κ1) is 15.3. The molecule has 0 bridgehead atoms. The summed E-state index contributed by atoms with van der Waals surface area (Å²) in [7, 11) is 0. The number of piperidine rings is 1. The molecule has 1 unspecified atom stereocenters. The number of β-amino-alcohol motifs (C(OH)–C–C–N with tert-alkyl or cyclic N) is 1. The number of carboxylic acid groups (broad SMARTS) is 1. The molecule has 3 rings (SSSR count). The normalized spacial score (nSPS) is 31.8. The minimum atomic E-state index is -0.657. The van der Waals surface area contributed by atoms with E-state index in [0.29, 0.717) is 6.04 Å². The minimum absolute atomic E-state index is 0.263. The van der Waals surface area contributed by atoms with Gasteiger partial charge in [-0.15, -0.1) is 0 Å². The summed E-state index contributed by atoms with van der Waals surface area (Å²) in [4.78, 5) is 15.9. The van der Waals surface area contributed by atoms with Crippen molar-refractivity contribution >= 4 is 5.97 Å². The van der Waals surface area contributed by atoms with Gasteiger partial charge >= 0.3 is 5.97 Å². The van der Waals surface area contributed by atoms with Crippen LogP contribution in [0.2, 0.25) is 0 Å². The summed E-state index contributed by atoms with van der Waals surface area (Å²) in [6.07, 6.45) is 8.09. The van der Waals surface area contributed by atoms with Crippen molar-refractivity contribution < 1.29 is 15.0 Å². The van der Waals surface area contributed by atoms with Gasteiger partial charge in [-0.25, -0.2) is 0 Å². The number of aliphatic carboxylic acids is 1. The topological polar surface area (TPSA) is 64.0 Å². The molecule has 2 N–H and O–H groups in total. The first-order valence-corrected chi connectivity index (χ1v) is 8.51. The van der Waals surface area contributed by atoms with E-state index in [9.17, 15) is 15.0 Å². The fourth-order valence-electron chi connectivity index (χ4n) is 4.51. The van der Waals surface area contributed by atoms with Crippen molar-refractivity contribution in [2.75, 3.05) is 26.2 Å². The average Bonchev–Trinajstić information content (AvgIpc) is 3.09. The van der Waals surface area contributed by atoms with Crippen molar-refractivity contribution in [2.45, 2.75) is 69.1 Å². The number of rotatable bonds is 4. The van der Waals surface area contributed by atoms with E-state index in [4.69, 9.17) is 0 Å². The molecule has 5 nitrogen and oxygen atoms in total. The van der Waals surface area contributed by atoms with Crippen LogP contribution in [0, 0.1) is 0 Å². The molecule has 0 aromatic rings. The van der Waals surface area contributed by atoms with Gasteiger partial charge in [0.25, 0.3) is 0 Å². The Morgan fingerprint density at radius 1 is 1.05 bits per heavy atom. The predicted octanol–water partition coefficient (Wildman–Crippen LogP) is 1.30. The zero-order valence-corrected chi connectivity index (χ0v) is 12.8. The first-order valence-electron chi connectivity index (χ1n) is 8.51. The lowest BCUT2D eigenvalue weighted by atomic mass is 9.97. The maximum absolute atomic E-state index is 11.3. The van der Waals surface area contributed by atoms with E-state index in [1.807, 2.05) is 0 Å². The summed E-state index contributed by atoms with van der Waals surface area (Å²) in [5.74, 6) is -0.657. The lowest BCUT2D eigenvalue weighted by Crippen LogP contribution is -2.51. The average molecular weight is 296 g/mol. The SMILES string of the molecule is O=C(O)C1CCCN1C1CCN(CC2(O)CCCC2)CC1. The second-order valence-electron chi connectivity index (χ2n) is 7.17. The molecular formula is C16H28N2O3. The molecule has 1 aliphatic carbocycles. The van der Waals surface area contributed by atoms with Gasteiger partial charge in [-0.2, -0.15) is 0 Å². The smallest absolute Gasteiger partial charge is 0.320 e. The molecule has 0 spiro atoms. The van der Waals surface area contributed by atoms with Gasteiger partial charge in [0.2, 0.25) is 0 Å². The summed E-state index contributed by atoms with van der Waals surface area (Å²) in [6, 6.07) is 0.156. The fraction of sp³-hybridized carbons (Fsp3) is 0.938. The van der Waals surface area contributed by atoms with Crippen molar-refractivity contribution in [1.29, 1.82) is 0 Å². The van der Waals surface area contributed by atoms with E-state index in [0.717, 1.165) is 77.5 Å². The molecule has 0 radical (unpaired) electrons. The Hall–Kier alpha value is -0.650. The molecule has 2 saturated heterocycles. The van der Waals surface area contributed by atoms with Crippen LogP contribution in [0.4, 0.5) is 0 Å². The molecule has 0 amide bonds. The van der Waals surface area contributed by atoms with Crippen molar-refractivity contribution in [3.8, 4) is 0 Å². The van der Waals surface area contributed by atoms with Crippen LogP contribution in [0.15, 0.2) is 0 Å². The van der Waals surface area contributed by atoms with Gasteiger partial charge in [0.15, 0.2) is 0 Å². The molecule has 1 atom stereocenters. The molecule has 120 valence electrons. The number of carboxylic acids is 1. The highest BCUT2D eigenvalue weighted by atomic mass is 16.4. The molecule has 0 aromatic carbocycles. The third-order valence-corrected chi connectivity index (χ3v) is 5.66. The van der Waals surface area contributed by atoms with E-state index in [-0.39, 0.29) is 6.04 Å².